The molecule has 0 heterocycles. The van der Waals surface area contributed by atoms with Gasteiger partial charge in [-0.3, -0.25) is 14.4 Å². The third-order valence-electron chi connectivity index (χ3n) is 9.18. The van der Waals surface area contributed by atoms with E-state index in [4.69, 9.17) is 42.7 Å². The Morgan fingerprint density at radius 2 is 1.18 bits per heavy atom. The maximum Gasteiger partial charge on any atom is 1.00 e. The fourth-order valence-electron chi connectivity index (χ4n) is 5.83. The van der Waals surface area contributed by atoms with Crippen LogP contribution in [0.3, 0.4) is 0 Å². The molecule has 0 saturated carbocycles. The number of benzene rings is 4. The van der Waals surface area contributed by atoms with Gasteiger partial charge in [0.05, 0.1) is 23.0 Å². The first-order valence-corrected chi connectivity index (χ1v) is 26.8. The molecule has 1 N–H and O–H groups in total. The summed E-state index contributed by atoms with van der Waals surface area (Å²) in [5.41, 5.74) is 2.83. The third kappa shape index (κ3) is 26.8. The Labute approximate surface area is 551 Å². The van der Waals surface area contributed by atoms with Crippen LogP contribution in [-0.4, -0.2) is 64.6 Å². The van der Waals surface area contributed by atoms with Crippen molar-refractivity contribution < 1.29 is 190 Å². The Morgan fingerprint density at radius 1 is 0.746 bits per heavy atom. The van der Waals surface area contributed by atoms with E-state index in [1.54, 1.807) is 64.1 Å². The molecule has 0 radical (unpaired) electrons. The number of carbonyl (C=O) groups excluding carboxylic acids is 3. The third-order valence-corrected chi connectivity index (χ3v) is 15.3. The van der Waals surface area contributed by atoms with E-state index < -0.39 is 26.1 Å². The van der Waals surface area contributed by atoms with Crippen molar-refractivity contribution in [2.45, 2.75) is 102 Å². The largest absolute Gasteiger partial charge is 1.00 e. The molecule has 0 aliphatic carbocycles. The van der Waals surface area contributed by atoms with Crippen LogP contribution < -0.4 is 148 Å². The molecule has 13 nitrogen and oxygen atoms in total. The predicted octanol–water partition coefficient (Wildman–Crippen LogP) is 5.02. The number of nitrogens with zero attached hydrogens (tertiary/aromatic N) is 1. The molecule has 4 aromatic rings. The molecular formula is C45H57Br3Cl2Cs2N2O11S2. The van der Waals surface area contributed by atoms with Gasteiger partial charge in [0.15, 0.2) is 0 Å². The molecule has 0 saturated heterocycles. The molecule has 0 unspecified atom stereocenters. The van der Waals surface area contributed by atoms with Gasteiger partial charge in [0.1, 0.15) is 0 Å². The Balaban J connectivity index is -0.000000966. The number of sulfonamides is 2. The van der Waals surface area contributed by atoms with Gasteiger partial charge in [-0.25, -0.2) is 21.6 Å². The van der Waals surface area contributed by atoms with Crippen LogP contribution in [0.2, 0.25) is 10.0 Å². The zero-order chi connectivity index (χ0) is 49.2. The molecule has 22 heteroatoms. The zero-order valence-corrected chi connectivity index (χ0v) is 59.5. The summed E-state index contributed by atoms with van der Waals surface area (Å²) in [5, 5.41) is 10.2. The number of rotatable bonds is 20. The minimum absolute atomic E-state index is 0. The van der Waals surface area contributed by atoms with Gasteiger partial charge in [-0.2, -0.15) is 4.31 Å². The summed E-state index contributed by atoms with van der Waals surface area (Å²) in [6.45, 7) is 11.6. The van der Waals surface area contributed by atoms with Crippen molar-refractivity contribution in [1.82, 2.24) is 9.03 Å². The van der Waals surface area contributed by atoms with E-state index in [1.807, 2.05) is 62.4 Å². The van der Waals surface area contributed by atoms with Gasteiger partial charge >= 0.3 is 150 Å². The normalized spacial score (nSPS) is 11.5. The molecule has 0 aromatic heterocycles. The first kappa shape index (κ1) is 70.3. The smallest absolute Gasteiger partial charge is 1.00 e. The quantitative estimate of drug-likeness (QED) is 0.0313. The summed E-state index contributed by atoms with van der Waals surface area (Å²) in [6.07, 6.45) is 3.87. The number of unbranched alkanes of at least 4 members (excludes halogenated alkanes) is 2. The van der Waals surface area contributed by atoms with E-state index in [9.17, 15) is 26.4 Å². The molecule has 4 aromatic carbocycles. The number of esters is 2. The van der Waals surface area contributed by atoms with Crippen LogP contribution in [0.25, 0.3) is 0 Å². The Hall–Kier alpha value is 1.19. The average molecular weight is 1440 g/mol. The van der Waals surface area contributed by atoms with Crippen LogP contribution in [0, 0.1) is 13.8 Å². The van der Waals surface area contributed by atoms with E-state index in [0.29, 0.717) is 53.6 Å². The van der Waals surface area contributed by atoms with Gasteiger partial charge in [0.25, 0.3) is 6.47 Å². The minimum atomic E-state index is -3.81. The Bertz CT molecular complexity index is 2350. The van der Waals surface area contributed by atoms with Crippen LogP contribution >= 0.6 is 71.0 Å². The first-order chi connectivity index (χ1) is 30.7. The van der Waals surface area contributed by atoms with Crippen LogP contribution in [-0.2, 0) is 48.8 Å². The van der Waals surface area contributed by atoms with Crippen molar-refractivity contribution in [3.63, 3.8) is 0 Å². The summed E-state index contributed by atoms with van der Waals surface area (Å²) >= 11 is 22.3. The molecule has 2 atom stereocenters. The number of hydrogen-bond acceptors (Lipinski definition) is 11. The van der Waals surface area contributed by atoms with Crippen LogP contribution in [0.1, 0.15) is 102 Å². The van der Waals surface area contributed by atoms with E-state index in [0.717, 1.165) is 38.2 Å². The van der Waals surface area contributed by atoms with Crippen LogP contribution in [0.5, 0.6) is 0 Å². The number of halogens is 5. The van der Waals surface area contributed by atoms with Crippen molar-refractivity contribution in [2.24, 2.45) is 0 Å². The SMILES string of the molecule is CCOC(=O)CCCCBr.CCOC(=O)CCCCN([C@@H](C)c1cccc(Br)c1)S(=O)(=O)c1cccc(Cl)c1C.Cc1c(Cl)cccc1S(=O)(=O)N[C@@H](C)c1cccc(Br)c1.O=CO[O-].[Cs+].[Cs+].[H-]. The Kier molecular flexibility index (Phi) is 40.6. The van der Waals surface area contributed by atoms with Gasteiger partial charge in [0, 0.05) is 55.8 Å². The van der Waals surface area contributed by atoms with Gasteiger partial charge in [-0.15, -0.1) is 0 Å². The standard InChI is InChI=1S/C22H27BrClNO4S.C15H15BrClNO2S.C7H13BrO2.CH2O3.2Cs.H/c1-4-29-22(26)13-5-6-14-25(17(3)18-9-7-10-19(23)15-18)30(27,28)21-12-8-11-20(24)16(21)2;1-10-14(17)7-4-8-15(10)21(19,20)18-11(2)12-5-3-6-13(16)9-12;1-2-10-7(9)5-3-4-6-8;2-1-4-3;;;/h7-12,15,17H,4-6,13-14H2,1-3H3;3-9,11,18H,1-2H3;2-6H2,1H3;1,3H;;;/q;;;;2*+1;-1/p-1/t17-;11-;;;;;/m00...../s1. The molecule has 67 heavy (non-hydrogen) atoms. The number of ether oxygens (including phenoxy) is 2. The second kappa shape index (κ2) is 38.7. The molecule has 0 bridgehead atoms. The predicted molar refractivity (Wildman–Crippen MR) is 265 cm³/mol. The molecule has 0 aliphatic rings. The zero-order valence-electron chi connectivity index (χ0n) is 40.0. The first-order valence-electron chi connectivity index (χ1n) is 20.4. The minimum Gasteiger partial charge on any atom is -1.00 e. The monoisotopic (exact) mass is 1440 g/mol. The van der Waals surface area contributed by atoms with Crippen molar-refractivity contribution in [2.75, 3.05) is 25.1 Å². The molecule has 0 amide bonds. The van der Waals surface area contributed by atoms with Crippen molar-refractivity contribution in [1.29, 1.82) is 0 Å². The molecule has 362 valence electrons. The number of alkyl halides is 1. The number of nitrogens with one attached hydrogen (secondary N) is 1. The summed E-state index contributed by atoms with van der Waals surface area (Å²) in [5.74, 6) is -0.346. The average Bonchev–Trinajstić information content (AvgIpc) is 3.26. The topological polar surface area (TPSA) is 186 Å². The van der Waals surface area contributed by atoms with Crippen LogP contribution in [0.15, 0.2) is 104 Å². The van der Waals surface area contributed by atoms with Gasteiger partial charge < -0.3 is 21.0 Å². The number of hydrogen-bond donors (Lipinski definition) is 1. The fourth-order valence-corrected chi connectivity index (χ4v) is 10.9. The molecule has 0 aliphatic heterocycles. The summed E-state index contributed by atoms with van der Waals surface area (Å²) in [7, 11) is -7.43. The van der Waals surface area contributed by atoms with Crippen molar-refractivity contribution >= 4 is 109 Å². The molecule has 4 rings (SSSR count). The molecule has 0 spiro atoms. The van der Waals surface area contributed by atoms with Crippen molar-refractivity contribution in [3.8, 4) is 0 Å². The molecule has 0 fully saturated rings. The van der Waals surface area contributed by atoms with E-state index in [1.165, 1.54) is 4.31 Å². The second-order valence-corrected chi connectivity index (χ2v) is 20.9. The van der Waals surface area contributed by atoms with Gasteiger partial charge in [0.2, 0.25) is 20.0 Å². The maximum absolute atomic E-state index is 13.6. The van der Waals surface area contributed by atoms with E-state index in [2.05, 4.69) is 57.4 Å². The second-order valence-electron chi connectivity index (χ2n) is 13.9. The maximum atomic E-state index is 13.6. The van der Waals surface area contributed by atoms with Gasteiger partial charge in [-0.05, 0) is 138 Å². The number of carbonyl (C=O) groups is 3. The van der Waals surface area contributed by atoms with Crippen molar-refractivity contribution in [3.05, 3.63) is 126 Å². The summed E-state index contributed by atoms with van der Waals surface area (Å²) in [4.78, 5) is 33.9. The van der Waals surface area contributed by atoms with E-state index >= 15 is 0 Å². The fraction of sp³-hybridized carbons (Fsp3) is 0.400. The Morgan fingerprint density at radius 3 is 1.64 bits per heavy atom. The van der Waals surface area contributed by atoms with Crippen LogP contribution in [0.4, 0.5) is 0 Å². The van der Waals surface area contributed by atoms with Gasteiger partial charge in [-0.1, -0.05) is 107 Å². The summed E-state index contributed by atoms with van der Waals surface area (Å²) in [6, 6.07) is 24.1. The van der Waals surface area contributed by atoms with E-state index in [-0.39, 0.29) is 186 Å². The molecular weight excluding hydrogens is 1390 g/mol. The summed E-state index contributed by atoms with van der Waals surface area (Å²) < 4.78 is 67.8.